The topological polar surface area (TPSA) is 29.1 Å². The molecule has 0 aliphatic carbocycles. The molecular formula is C15H13BrFNO. The quantitative estimate of drug-likeness (QED) is 0.906. The number of benzene rings is 2. The molecule has 1 amide bonds. The average Bonchev–Trinajstić information content (AvgIpc) is 2.37. The van der Waals surface area contributed by atoms with Gasteiger partial charge in [-0.3, -0.25) is 4.79 Å². The van der Waals surface area contributed by atoms with Gasteiger partial charge in [-0.25, -0.2) is 4.39 Å². The average molecular weight is 322 g/mol. The Kier molecular flexibility index (Phi) is 4.32. The van der Waals surface area contributed by atoms with E-state index in [9.17, 15) is 9.18 Å². The molecule has 19 heavy (non-hydrogen) atoms. The molecule has 0 atom stereocenters. The van der Waals surface area contributed by atoms with Gasteiger partial charge in [-0.1, -0.05) is 34.1 Å². The standard InChI is InChI=1S/C15H13BrFNO/c1-10-2-7-13(17)14(8-10)18-15(19)9-11-3-5-12(16)6-4-11/h2-8H,9H2,1H3,(H,18,19). The highest BCUT2D eigenvalue weighted by Crippen LogP contribution is 2.16. The molecule has 0 spiro atoms. The van der Waals surface area contributed by atoms with Gasteiger partial charge in [0.05, 0.1) is 12.1 Å². The van der Waals surface area contributed by atoms with Gasteiger partial charge in [0.1, 0.15) is 5.82 Å². The molecular weight excluding hydrogens is 309 g/mol. The fraction of sp³-hybridized carbons (Fsp3) is 0.133. The monoisotopic (exact) mass is 321 g/mol. The Hall–Kier alpha value is -1.68. The Labute approximate surface area is 119 Å². The molecule has 0 radical (unpaired) electrons. The Bertz CT molecular complexity index is 596. The summed E-state index contributed by atoms with van der Waals surface area (Å²) in [6.45, 7) is 1.85. The van der Waals surface area contributed by atoms with Crippen molar-refractivity contribution in [3.63, 3.8) is 0 Å². The molecule has 98 valence electrons. The van der Waals surface area contributed by atoms with Crippen molar-refractivity contribution in [3.8, 4) is 0 Å². The first-order chi connectivity index (χ1) is 9.04. The van der Waals surface area contributed by atoms with Gasteiger partial charge in [0, 0.05) is 4.47 Å². The summed E-state index contributed by atoms with van der Waals surface area (Å²) in [7, 11) is 0. The van der Waals surface area contributed by atoms with Gasteiger partial charge in [-0.05, 0) is 42.3 Å². The van der Waals surface area contributed by atoms with Crippen molar-refractivity contribution in [2.45, 2.75) is 13.3 Å². The van der Waals surface area contributed by atoms with E-state index in [0.717, 1.165) is 15.6 Å². The molecule has 0 fully saturated rings. The van der Waals surface area contributed by atoms with Gasteiger partial charge in [0.15, 0.2) is 0 Å². The summed E-state index contributed by atoms with van der Waals surface area (Å²) >= 11 is 3.33. The number of rotatable bonds is 3. The van der Waals surface area contributed by atoms with Crippen LogP contribution in [0, 0.1) is 12.7 Å². The van der Waals surface area contributed by atoms with E-state index in [4.69, 9.17) is 0 Å². The Balaban J connectivity index is 2.05. The summed E-state index contributed by atoms with van der Waals surface area (Å²) < 4.78 is 14.5. The zero-order valence-electron chi connectivity index (χ0n) is 10.4. The van der Waals surface area contributed by atoms with E-state index in [-0.39, 0.29) is 18.0 Å². The van der Waals surface area contributed by atoms with E-state index in [2.05, 4.69) is 21.2 Å². The minimum absolute atomic E-state index is 0.223. The van der Waals surface area contributed by atoms with E-state index in [1.54, 1.807) is 12.1 Å². The molecule has 0 aliphatic rings. The molecule has 0 saturated heterocycles. The highest BCUT2D eigenvalue weighted by molar-refractivity contribution is 9.10. The molecule has 0 heterocycles. The molecule has 0 saturated carbocycles. The lowest BCUT2D eigenvalue weighted by molar-refractivity contribution is -0.115. The van der Waals surface area contributed by atoms with E-state index < -0.39 is 5.82 Å². The number of carbonyl (C=O) groups is 1. The Morgan fingerprint density at radius 3 is 2.58 bits per heavy atom. The third-order valence-corrected chi connectivity index (χ3v) is 3.20. The number of hydrogen-bond acceptors (Lipinski definition) is 1. The minimum atomic E-state index is -0.422. The molecule has 2 nitrogen and oxygen atoms in total. The van der Waals surface area contributed by atoms with E-state index in [1.807, 2.05) is 31.2 Å². The second-order valence-electron chi connectivity index (χ2n) is 4.33. The largest absolute Gasteiger partial charge is 0.323 e. The van der Waals surface area contributed by atoms with Gasteiger partial charge in [-0.2, -0.15) is 0 Å². The van der Waals surface area contributed by atoms with Gasteiger partial charge in [-0.15, -0.1) is 0 Å². The third kappa shape index (κ3) is 3.89. The van der Waals surface area contributed by atoms with Crippen molar-refractivity contribution in [2.24, 2.45) is 0 Å². The number of hydrogen-bond donors (Lipinski definition) is 1. The summed E-state index contributed by atoms with van der Waals surface area (Å²) in [5.41, 5.74) is 2.01. The van der Waals surface area contributed by atoms with Crippen molar-refractivity contribution in [3.05, 3.63) is 63.9 Å². The summed E-state index contributed by atoms with van der Waals surface area (Å²) in [4.78, 5) is 11.8. The van der Waals surface area contributed by atoms with Gasteiger partial charge in [0.2, 0.25) is 5.91 Å². The number of halogens is 2. The normalized spacial score (nSPS) is 10.3. The third-order valence-electron chi connectivity index (χ3n) is 2.67. The van der Waals surface area contributed by atoms with E-state index in [1.165, 1.54) is 6.07 Å². The molecule has 0 aromatic heterocycles. The molecule has 1 N–H and O–H groups in total. The van der Waals surface area contributed by atoms with Gasteiger partial charge >= 0.3 is 0 Å². The molecule has 0 unspecified atom stereocenters. The zero-order chi connectivity index (χ0) is 13.8. The highest BCUT2D eigenvalue weighted by Gasteiger charge is 2.08. The van der Waals surface area contributed by atoms with Crippen LogP contribution in [0.15, 0.2) is 46.9 Å². The van der Waals surface area contributed by atoms with Crippen LogP contribution in [0.25, 0.3) is 0 Å². The second kappa shape index (κ2) is 5.97. The van der Waals surface area contributed by atoms with Crippen molar-refractivity contribution in [2.75, 3.05) is 5.32 Å². The van der Waals surface area contributed by atoms with Crippen molar-refractivity contribution in [1.29, 1.82) is 0 Å². The van der Waals surface area contributed by atoms with Crippen LogP contribution in [0.5, 0.6) is 0 Å². The van der Waals surface area contributed by atoms with Crippen LogP contribution in [0.2, 0.25) is 0 Å². The fourth-order valence-corrected chi connectivity index (χ4v) is 1.98. The van der Waals surface area contributed by atoms with Crippen LogP contribution in [0.4, 0.5) is 10.1 Å². The maximum atomic E-state index is 13.5. The van der Waals surface area contributed by atoms with Crippen molar-refractivity contribution < 1.29 is 9.18 Å². The highest BCUT2D eigenvalue weighted by atomic mass is 79.9. The first-order valence-corrected chi connectivity index (χ1v) is 6.64. The summed E-state index contributed by atoms with van der Waals surface area (Å²) in [6.07, 6.45) is 0.223. The molecule has 2 aromatic carbocycles. The lowest BCUT2D eigenvalue weighted by Gasteiger charge is -2.07. The maximum absolute atomic E-state index is 13.5. The van der Waals surface area contributed by atoms with Gasteiger partial charge < -0.3 is 5.32 Å². The first-order valence-electron chi connectivity index (χ1n) is 5.85. The predicted octanol–water partition coefficient (Wildman–Crippen LogP) is 4.08. The van der Waals surface area contributed by atoms with Crippen molar-refractivity contribution >= 4 is 27.5 Å². The first kappa shape index (κ1) is 13.7. The number of amides is 1. The lowest BCUT2D eigenvalue weighted by atomic mass is 10.1. The van der Waals surface area contributed by atoms with Crippen LogP contribution in [0.1, 0.15) is 11.1 Å². The lowest BCUT2D eigenvalue weighted by Crippen LogP contribution is -2.15. The number of anilines is 1. The summed E-state index contributed by atoms with van der Waals surface area (Å²) in [5.74, 6) is -0.651. The zero-order valence-corrected chi connectivity index (χ0v) is 12.0. The molecule has 2 rings (SSSR count). The Morgan fingerprint density at radius 2 is 1.89 bits per heavy atom. The van der Waals surface area contributed by atoms with Crippen LogP contribution in [-0.2, 0) is 11.2 Å². The minimum Gasteiger partial charge on any atom is -0.323 e. The van der Waals surface area contributed by atoms with E-state index >= 15 is 0 Å². The Morgan fingerprint density at radius 1 is 1.21 bits per heavy atom. The molecule has 0 bridgehead atoms. The number of carbonyl (C=O) groups excluding carboxylic acids is 1. The smallest absolute Gasteiger partial charge is 0.228 e. The number of aryl methyl sites for hydroxylation is 1. The van der Waals surface area contributed by atoms with Gasteiger partial charge in [0.25, 0.3) is 0 Å². The summed E-state index contributed by atoms with van der Waals surface area (Å²) in [6, 6.07) is 12.1. The van der Waals surface area contributed by atoms with Crippen LogP contribution < -0.4 is 5.32 Å². The molecule has 2 aromatic rings. The summed E-state index contributed by atoms with van der Waals surface area (Å²) in [5, 5.41) is 2.59. The molecule has 0 aliphatic heterocycles. The number of nitrogens with one attached hydrogen (secondary N) is 1. The van der Waals surface area contributed by atoms with Crippen LogP contribution in [0.3, 0.4) is 0 Å². The SMILES string of the molecule is Cc1ccc(F)c(NC(=O)Cc2ccc(Br)cc2)c1. The second-order valence-corrected chi connectivity index (χ2v) is 5.25. The molecule has 4 heteroatoms. The van der Waals surface area contributed by atoms with Crippen LogP contribution in [-0.4, -0.2) is 5.91 Å². The maximum Gasteiger partial charge on any atom is 0.228 e. The van der Waals surface area contributed by atoms with E-state index in [0.29, 0.717) is 0 Å². The van der Waals surface area contributed by atoms with Crippen LogP contribution >= 0.6 is 15.9 Å². The fourth-order valence-electron chi connectivity index (χ4n) is 1.72. The predicted molar refractivity (Wildman–Crippen MR) is 77.6 cm³/mol. The van der Waals surface area contributed by atoms with Crippen molar-refractivity contribution in [1.82, 2.24) is 0 Å².